The largest absolute Gasteiger partial charge is 0.480 e. The predicted molar refractivity (Wildman–Crippen MR) is 104 cm³/mol. The number of nitrogens with zero attached hydrogens (tertiary/aromatic N) is 2. The van der Waals surface area contributed by atoms with Gasteiger partial charge in [0, 0.05) is 24.8 Å². The Morgan fingerprint density at radius 3 is 2.42 bits per heavy atom. The zero-order valence-electron chi connectivity index (χ0n) is 16.3. The summed E-state index contributed by atoms with van der Waals surface area (Å²) in [5, 5.41) is 11.9. The van der Waals surface area contributed by atoms with Crippen molar-refractivity contribution < 1.29 is 14.7 Å². The Morgan fingerprint density at radius 2 is 1.85 bits per heavy atom. The molecule has 144 valence electrons. The van der Waals surface area contributed by atoms with Crippen molar-refractivity contribution in [3.05, 3.63) is 29.8 Å². The first kappa shape index (κ1) is 20.2. The van der Waals surface area contributed by atoms with E-state index >= 15 is 0 Å². The minimum Gasteiger partial charge on any atom is -0.480 e. The Morgan fingerprint density at radius 1 is 1.19 bits per heavy atom. The molecule has 0 spiro atoms. The van der Waals surface area contributed by atoms with Crippen LogP contribution in [0, 0.1) is 0 Å². The normalized spacial score (nSPS) is 18.5. The van der Waals surface area contributed by atoms with E-state index < -0.39 is 5.97 Å². The SMILES string of the molecule is CN(CC(=O)O)C1CCCN(C(=O)Nc2ccc(C(C)(C)C)cc2)CC1. The summed E-state index contributed by atoms with van der Waals surface area (Å²) in [7, 11) is 1.84. The van der Waals surface area contributed by atoms with E-state index in [1.54, 1.807) is 0 Å². The van der Waals surface area contributed by atoms with Crippen molar-refractivity contribution in [2.45, 2.75) is 51.5 Å². The first-order valence-corrected chi connectivity index (χ1v) is 9.25. The number of urea groups is 1. The number of likely N-dealkylation sites (tertiary alicyclic amines) is 1. The number of carboxylic acid groups (broad SMARTS) is 1. The fourth-order valence-corrected chi connectivity index (χ4v) is 3.32. The predicted octanol–water partition coefficient (Wildman–Crippen LogP) is 3.39. The molecule has 1 atom stereocenters. The highest BCUT2D eigenvalue weighted by Gasteiger charge is 2.24. The van der Waals surface area contributed by atoms with Gasteiger partial charge in [-0.05, 0) is 49.4 Å². The first-order chi connectivity index (χ1) is 12.2. The van der Waals surface area contributed by atoms with Crippen molar-refractivity contribution in [1.29, 1.82) is 0 Å². The molecule has 6 nitrogen and oxygen atoms in total. The molecular weight excluding hydrogens is 330 g/mol. The van der Waals surface area contributed by atoms with Crippen LogP contribution < -0.4 is 5.32 Å². The highest BCUT2D eigenvalue weighted by Crippen LogP contribution is 2.24. The zero-order chi connectivity index (χ0) is 19.3. The number of aliphatic carboxylic acids is 1. The molecule has 2 amide bonds. The van der Waals surface area contributed by atoms with Crippen LogP contribution in [0.2, 0.25) is 0 Å². The van der Waals surface area contributed by atoms with Gasteiger partial charge in [-0.2, -0.15) is 0 Å². The Bertz CT molecular complexity index is 622. The molecule has 2 N–H and O–H groups in total. The number of hydrogen-bond acceptors (Lipinski definition) is 3. The molecule has 0 aliphatic carbocycles. The van der Waals surface area contributed by atoms with Crippen molar-refractivity contribution in [2.24, 2.45) is 0 Å². The summed E-state index contributed by atoms with van der Waals surface area (Å²) in [6.07, 6.45) is 2.58. The molecule has 6 heteroatoms. The summed E-state index contributed by atoms with van der Waals surface area (Å²) in [6, 6.07) is 8.11. The van der Waals surface area contributed by atoms with Crippen LogP contribution in [-0.4, -0.2) is 59.6 Å². The Kier molecular flexibility index (Phi) is 6.64. The lowest BCUT2D eigenvalue weighted by Gasteiger charge is -2.25. The molecule has 1 heterocycles. The molecule has 0 bridgehead atoms. The van der Waals surface area contributed by atoms with Gasteiger partial charge < -0.3 is 15.3 Å². The first-order valence-electron chi connectivity index (χ1n) is 9.25. The van der Waals surface area contributed by atoms with E-state index in [9.17, 15) is 9.59 Å². The molecular formula is C20H31N3O3. The van der Waals surface area contributed by atoms with Gasteiger partial charge in [0.05, 0.1) is 6.54 Å². The van der Waals surface area contributed by atoms with Gasteiger partial charge in [0.2, 0.25) is 0 Å². The third kappa shape index (κ3) is 5.73. The smallest absolute Gasteiger partial charge is 0.321 e. The van der Waals surface area contributed by atoms with Gasteiger partial charge in [-0.25, -0.2) is 4.79 Å². The summed E-state index contributed by atoms with van der Waals surface area (Å²) < 4.78 is 0. The lowest BCUT2D eigenvalue weighted by molar-refractivity contribution is -0.138. The number of hydrogen-bond donors (Lipinski definition) is 2. The standard InChI is InChI=1S/C20H31N3O3/c1-20(2,3)15-7-9-16(10-8-15)21-19(26)23-12-5-6-17(11-13-23)22(4)14-18(24)25/h7-10,17H,5-6,11-14H2,1-4H3,(H,21,26)(H,24,25). The van der Waals surface area contributed by atoms with E-state index in [0.717, 1.165) is 24.9 Å². The Hall–Kier alpha value is -2.08. The summed E-state index contributed by atoms with van der Waals surface area (Å²) >= 11 is 0. The van der Waals surface area contributed by atoms with Crippen LogP contribution in [0.25, 0.3) is 0 Å². The molecule has 2 rings (SSSR count). The minimum atomic E-state index is -0.815. The average molecular weight is 361 g/mol. The molecule has 1 aliphatic heterocycles. The van der Waals surface area contributed by atoms with Crippen molar-refractivity contribution in [3.63, 3.8) is 0 Å². The maximum atomic E-state index is 12.6. The number of carboxylic acids is 1. The quantitative estimate of drug-likeness (QED) is 0.862. The van der Waals surface area contributed by atoms with Crippen LogP contribution in [0.1, 0.15) is 45.6 Å². The van der Waals surface area contributed by atoms with Gasteiger partial charge in [-0.1, -0.05) is 32.9 Å². The second-order valence-corrected chi connectivity index (χ2v) is 8.14. The fourth-order valence-electron chi connectivity index (χ4n) is 3.32. The number of carbonyl (C=O) groups is 2. The van der Waals surface area contributed by atoms with Crippen LogP contribution in [0.3, 0.4) is 0 Å². The van der Waals surface area contributed by atoms with E-state index in [-0.39, 0.29) is 24.0 Å². The second kappa shape index (κ2) is 8.54. The molecule has 1 aliphatic rings. The van der Waals surface area contributed by atoms with Gasteiger partial charge in [0.15, 0.2) is 0 Å². The average Bonchev–Trinajstić information content (AvgIpc) is 2.80. The van der Waals surface area contributed by atoms with Crippen LogP contribution in [-0.2, 0) is 10.2 Å². The van der Waals surface area contributed by atoms with Crippen LogP contribution in [0.5, 0.6) is 0 Å². The maximum absolute atomic E-state index is 12.6. The van der Waals surface area contributed by atoms with Crippen molar-refractivity contribution in [3.8, 4) is 0 Å². The third-order valence-electron chi connectivity index (χ3n) is 5.00. The van der Waals surface area contributed by atoms with Gasteiger partial charge in [-0.15, -0.1) is 0 Å². The van der Waals surface area contributed by atoms with Gasteiger partial charge in [0.1, 0.15) is 0 Å². The molecule has 1 saturated heterocycles. The van der Waals surface area contributed by atoms with E-state index in [1.807, 2.05) is 29.0 Å². The van der Waals surface area contributed by atoms with E-state index in [0.29, 0.717) is 13.1 Å². The molecule has 1 aromatic carbocycles. The molecule has 26 heavy (non-hydrogen) atoms. The monoisotopic (exact) mass is 361 g/mol. The molecule has 1 unspecified atom stereocenters. The summed E-state index contributed by atoms with van der Waals surface area (Å²) in [6.45, 7) is 7.86. The number of amides is 2. The van der Waals surface area contributed by atoms with Crippen LogP contribution in [0.4, 0.5) is 10.5 Å². The summed E-state index contributed by atoms with van der Waals surface area (Å²) in [5.41, 5.74) is 2.12. The highest BCUT2D eigenvalue weighted by atomic mass is 16.4. The summed E-state index contributed by atoms with van der Waals surface area (Å²) in [4.78, 5) is 27.1. The van der Waals surface area contributed by atoms with Gasteiger partial charge in [0.25, 0.3) is 0 Å². The number of rotatable bonds is 4. The summed E-state index contributed by atoms with van der Waals surface area (Å²) in [5.74, 6) is -0.815. The number of nitrogens with one attached hydrogen (secondary N) is 1. The lowest BCUT2D eigenvalue weighted by Crippen LogP contribution is -2.38. The third-order valence-corrected chi connectivity index (χ3v) is 5.00. The fraction of sp³-hybridized carbons (Fsp3) is 0.600. The second-order valence-electron chi connectivity index (χ2n) is 8.14. The molecule has 1 aromatic rings. The van der Waals surface area contributed by atoms with E-state index in [4.69, 9.17) is 5.11 Å². The van der Waals surface area contributed by atoms with Crippen molar-refractivity contribution >= 4 is 17.7 Å². The zero-order valence-corrected chi connectivity index (χ0v) is 16.3. The molecule has 0 aromatic heterocycles. The molecule has 0 saturated carbocycles. The number of carbonyl (C=O) groups excluding carboxylic acids is 1. The number of benzene rings is 1. The van der Waals surface area contributed by atoms with Gasteiger partial charge >= 0.3 is 12.0 Å². The van der Waals surface area contributed by atoms with Crippen LogP contribution >= 0.6 is 0 Å². The number of anilines is 1. The topological polar surface area (TPSA) is 72.9 Å². The lowest BCUT2D eigenvalue weighted by atomic mass is 9.87. The van der Waals surface area contributed by atoms with E-state index in [2.05, 4.69) is 38.2 Å². The maximum Gasteiger partial charge on any atom is 0.321 e. The van der Waals surface area contributed by atoms with E-state index in [1.165, 1.54) is 5.56 Å². The Labute approximate surface area is 156 Å². The van der Waals surface area contributed by atoms with Crippen LogP contribution in [0.15, 0.2) is 24.3 Å². The van der Waals surface area contributed by atoms with Crippen molar-refractivity contribution in [1.82, 2.24) is 9.80 Å². The van der Waals surface area contributed by atoms with Crippen molar-refractivity contribution in [2.75, 3.05) is 32.0 Å². The molecule has 1 fully saturated rings. The number of likely N-dealkylation sites (N-methyl/N-ethyl adjacent to an activating group) is 1. The minimum absolute atomic E-state index is 0.0387. The Balaban J connectivity index is 1.91. The molecule has 0 radical (unpaired) electrons. The van der Waals surface area contributed by atoms with Gasteiger partial charge in [-0.3, -0.25) is 9.69 Å². The highest BCUT2D eigenvalue weighted by molar-refractivity contribution is 5.89.